The van der Waals surface area contributed by atoms with Crippen LogP contribution in [0.1, 0.15) is 0 Å². The van der Waals surface area contributed by atoms with Crippen LogP contribution in [0.2, 0.25) is 0 Å². The number of fused-ring (bicyclic) bond motifs is 3. The first kappa shape index (κ1) is 19.4. The van der Waals surface area contributed by atoms with Crippen LogP contribution in [0.25, 0.3) is 0 Å². The minimum absolute atomic E-state index is 0.417. The van der Waals surface area contributed by atoms with Gasteiger partial charge in [-0.05, 0) is 0 Å². The second-order valence-electron chi connectivity index (χ2n) is 5.21. The van der Waals surface area contributed by atoms with Crippen LogP contribution < -0.4 is 5.11 Å². The Balaban J connectivity index is 0.000000463. The first-order chi connectivity index (χ1) is 10.9. The van der Waals surface area contributed by atoms with E-state index in [4.69, 9.17) is 14.6 Å². The molecular weight excluding hydrogens is 328 g/mol. The lowest BCUT2D eigenvalue weighted by molar-refractivity contribution is -0.902. The van der Waals surface area contributed by atoms with Crippen molar-refractivity contribution in [1.29, 1.82) is 0 Å². The molecule has 3 heterocycles. The normalized spacial score (nSPS) is 25.9. The van der Waals surface area contributed by atoms with E-state index in [1.54, 1.807) is 0 Å². The Morgan fingerprint density at radius 3 is 1.96 bits per heavy atom. The summed E-state index contributed by atoms with van der Waals surface area (Å²) < 4.78 is 9.98. The van der Waals surface area contributed by atoms with Crippen LogP contribution in [0.5, 0.6) is 0 Å². The second-order valence-corrected chi connectivity index (χ2v) is 5.47. The van der Waals surface area contributed by atoms with Gasteiger partial charge in [-0.15, -0.1) is 11.6 Å². The largest absolute Gasteiger partial charge is 0.549 e. The molecule has 0 aromatic rings. The Morgan fingerprint density at radius 1 is 1.13 bits per heavy atom. The molecule has 0 unspecified atom stereocenters. The number of nitrogens with zero attached hydrogens (tertiary/aromatic N) is 2. The zero-order chi connectivity index (χ0) is 17.5. The molecule has 0 amide bonds. The van der Waals surface area contributed by atoms with Gasteiger partial charge in [0.2, 0.25) is 5.70 Å². The van der Waals surface area contributed by atoms with Crippen molar-refractivity contribution in [2.75, 3.05) is 59.4 Å². The number of ether oxygens (including phenoxy) is 2. The van der Waals surface area contributed by atoms with Gasteiger partial charge in [0.15, 0.2) is 0 Å². The molecule has 0 spiro atoms. The van der Waals surface area contributed by atoms with Gasteiger partial charge in [-0.3, -0.25) is 9.38 Å². The fourth-order valence-corrected chi connectivity index (χ4v) is 2.70. The summed E-state index contributed by atoms with van der Waals surface area (Å²) in [7, 11) is 2.65. The van der Waals surface area contributed by atoms with Gasteiger partial charge in [0.1, 0.15) is 0 Å². The van der Waals surface area contributed by atoms with Crippen molar-refractivity contribution >= 4 is 29.5 Å². The van der Waals surface area contributed by atoms with Crippen molar-refractivity contribution in [3.63, 3.8) is 0 Å². The Hall–Kier alpha value is -1.64. The number of rotatable bonds is 4. The second kappa shape index (κ2) is 8.85. The van der Waals surface area contributed by atoms with E-state index in [2.05, 4.69) is 21.2 Å². The standard InChI is InChI=1S/C12H19N2O4.C2H3ClO2/c1-17-11(15)9-10(12(16)18-2)14-6-3-13(4-7-14)5-8-14;3-1-2(4)5/h9H,3-8H2,1-2H3;1H2,(H,4,5)/q+1;/p-1/b10-9+;. The predicted octanol–water partition coefficient (Wildman–Crippen LogP) is -1.66. The molecule has 8 nitrogen and oxygen atoms in total. The summed E-state index contributed by atoms with van der Waals surface area (Å²) in [5.41, 5.74) is 0.420. The number of carboxylic acids is 1. The number of carbonyl (C=O) groups is 3. The highest BCUT2D eigenvalue weighted by Crippen LogP contribution is 2.27. The van der Waals surface area contributed by atoms with Crippen LogP contribution in [-0.2, 0) is 23.9 Å². The minimum atomic E-state index is -1.23. The summed E-state index contributed by atoms with van der Waals surface area (Å²) in [5.74, 6) is -2.58. The first-order valence-electron chi connectivity index (χ1n) is 7.11. The highest BCUT2D eigenvalue weighted by molar-refractivity contribution is 6.25. The number of quaternary nitrogens is 1. The van der Waals surface area contributed by atoms with E-state index < -0.39 is 23.8 Å². The number of carbonyl (C=O) groups excluding carboxylic acids is 3. The number of piperazine rings is 3. The van der Waals surface area contributed by atoms with Gasteiger partial charge in [-0.2, -0.15) is 0 Å². The molecule has 0 N–H and O–H groups in total. The molecule has 0 saturated carbocycles. The van der Waals surface area contributed by atoms with Crippen LogP contribution in [-0.4, -0.2) is 86.7 Å². The fraction of sp³-hybridized carbons (Fsp3) is 0.643. The van der Waals surface area contributed by atoms with Gasteiger partial charge in [0, 0.05) is 19.6 Å². The van der Waals surface area contributed by atoms with Crippen molar-refractivity contribution in [1.82, 2.24) is 4.90 Å². The third kappa shape index (κ3) is 5.19. The third-order valence-electron chi connectivity index (χ3n) is 4.00. The predicted molar refractivity (Wildman–Crippen MR) is 79.1 cm³/mol. The molecule has 0 aliphatic carbocycles. The maximum Gasteiger partial charge on any atom is 0.392 e. The number of alkyl halides is 1. The molecule has 0 atom stereocenters. The SMILES string of the molecule is COC(=O)/C=C(\C(=O)OC)[N+]12CCN(CC1)CC2.O=C([O-])CCl. The molecule has 130 valence electrons. The monoisotopic (exact) mass is 348 g/mol. The van der Waals surface area contributed by atoms with Crippen molar-refractivity contribution in [3.8, 4) is 0 Å². The van der Waals surface area contributed by atoms with E-state index in [0.29, 0.717) is 10.2 Å². The lowest BCUT2D eigenvalue weighted by atomic mass is 10.1. The molecule has 0 aromatic carbocycles. The summed E-state index contributed by atoms with van der Waals surface area (Å²) in [5, 5.41) is 9.12. The highest BCUT2D eigenvalue weighted by Gasteiger charge is 2.45. The summed E-state index contributed by atoms with van der Waals surface area (Å²) in [6.45, 7) is 5.40. The van der Waals surface area contributed by atoms with Gasteiger partial charge in [0.05, 0.1) is 51.8 Å². The lowest BCUT2D eigenvalue weighted by Gasteiger charge is -2.49. The topological polar surface area (TPSA) is 96.0 Å². The molecular formula is C14H21ClN2O6. The van der Waals surface area contributed by atoms with E-state index in [1.165, 1.54) is 20.3 Å². The van der Waals surface area contributed by atoms with E-state index in [1.807, 2.05) is 0 Å². The van der Waals surface area contributed by atoms with Crippen molar-refractivity contribution in [3.05, 3.63) is 11.8 Å². The quantitative estimate of drug-likeness (QED) is 0.259. The number of hydrogen-bond donors (Lipinski definition) is 0. The van der Waals surface area contributed by atoms with Crippen LogP contribution in [0.15, 0.2) is 11.8 Å². The number of hydrogen-bond acceptors (Lipinski definition) is 7. The molecule has 9 heteroatoms. The fourth-order valence-electron chi connectivity index (χ4n) is 2.70. The Labute approximate surface area is 139 Å². The Kier molecular flexibility index (Phi) is 7.47. The summed E-state index contributed by atoms with van der Waals surface area (Å²) in [6, 6.07) is 0. The van der Waals surface area contributed by atoms with E-state index in [0.717, 1.165) is 39.3 Å². The molecule has 3 aliphatic heterocycles. The van der Waals surface area contributed by atoms with Crippen molar-refractivity contribution in [2.45, 2.75) is 0 Å². The van der Waals surface area contributed by atoms with Crippen LogP contribution >= 0.6 is 11.6 Å². The van der Waals surface area contributed by atoms with Gasteiger partial charge in [0.25, 0.3) is 0 Å². The summed E-state index contributed by atoms with van der Waals surface area (Å²) >= 11 is 4.67. The number of methoxy groups -OCH3 is 2. The molecule has 3 saturated heterocycles. The summed E-state index contributed by atoms with van der Waals surface area (Å²) in [4.78, 5) is 34.8. The molecule has 3 fully saturated rings. The van der Waals surface area contributed by atoms with Crippen molar-refractivity contribution in [2.24, 2.45) is 0 Å². The molecule has 3 aliphatic rings. The average Bonchev–Trinajstić information content (AvgIpc) is 2.60. The van der Waals surface area contributed by atoms with Gasteiger partial charge in [-0.25, -0.2) is 9.59 Å². The first-order valence-corrected chi connectivity index (χ1v) is 7.64. The number of aliphatic carboxylic acids is 1. The van der Waals surface area contributed by atoms with Gasteiger partial charge >= 0.3 is 11.9 Å². The number of esters is 2. The maximum absolute atomic E-state index is 11.9. The zero-order valence-electron chi connectivity index (χ0n) is 13.2. The highest BCUT2D eigenvalue weighted by atomic mass is 35.5. The van der Waals surface area contributed by atoms with E-state index >= 15 is 0 Å². The summed E-state index contributed by atoms with van der Waals surface area (Å²) in [6.07, 6.45) is 1.28. The Bertz CT molecular complexity index is 472. The van der Waals surface area contributed by atoms with E-state index in [-0.39, 0.29) is 0 Å². The molecule has 0 radical (unpaired) electrons. The van der Waals surface area contributed by atoms with E-state index in [9.17, 15) is 9.59 Å². The lowest BCUT2D eigenvalue weighted by Crippen LogP contribution is -2.67. The maximum atomic E-state index is 11.9. The Morgan fingerprint density at radius 2 is 1.61 bits per heavy atom. The smallest absolute Gasteiger partial charge is 0.392 e. The van der Waals surface area contributed by atoms with Crippen molar-refractivity contribution < 1.29 is 33.4 Å². The van der Waals surface area contributed by atoms with Crippen LogP contribution in [0.3, 0.4) is 0 Å². The van der Waals surface area contributed by atoms with Crippen LogP contribution in [0.4, 0.5) is 0 Å². The number of halogens is 1. The molecule has 0 aromatic heterocycles. The minimum Gasteiger partial charge on any atom is -0.549 e. The third-order valence-corrected chi connectivity index (χ3v) is 4.22. The van der Waals surface area contributed by atoms with Crippen LogP contribution in [0, 0.1) is 0 Å². The van der Waals surface area contributed by atoms with Gasteiger partial charge < -0.3 is 19.4 Å². The zero-order valence-corrected chi connectivity index (χ0v) is 14.0. The average molecular weight is 349 g/mol. The number of carboxylic acid groups (broad SMARTS) is 1. The molecule has 3 rings (SSSR count). The van der Waals surface area contributed by atoms with Gasteiger partial charge in [-0.1, -0.05) is 0 Å². The molecule has 23 heavy (non-hydrogen) atoms. The molecule has 2 bridgehead atoms.